The van der Waals surface area contributed by atoms with Crippen molar-refractivity contribution in [2.75, 3.05) is 6.61 Å². The summed E-state index contributed by atoms with van der Waals surface area (Å²) in [5.74, 6) is -11.7. The van der Waals surface area contributed by atoms with Crippen LogP contribution in [0.3, 0.4) is 0 Å². The molecule has 0 amide bonds. The lowest BCUT2D eigenvalue weighted by Gasteiger charge is -2.26. The summed E-state index contributed by atoms with van der Waals surface area (Å²) < 4.78 is 85.5. The first-order chi connectivity index (χ1) is 6.06. The zero-order valence-corrected chi connectivity index (χ0v) is 6.25. The molecular weight excluding hydrogens is 225 g/mol. The molecule has 0 aromatic heterocycles. The van der Waals surface area contributed by atoms with E-state index < -0.39 is 31.1 Å². The van der Waals surface area contributed by atoms with E-state index in [9.17, 15) is 35.5 Å². The number of carbonyl (C=O) groups excluding carboxylic acids is 1. The second-order valence-electron chi connectivity index (χ2n) is 2.18. The Morgan fingerprint density at radius 1 is 1.00 bits per heavy atom. The van der Waals surface area contributed by atoms with Gasteiger partial charge < -0.3 is 4.74 Å². The standard InChI is InChI=1S/C5H3F7O2/c6-3(7,1-14-2-13)4(8,9)5(10,11)12/h2H,1H2. The fourth-order valence-corrected chi connectivity index (χ4v) is 0.437. The second-order valence-corrected chi connectivity index (χ2v) is 2.18. The molecule has 0 radical (unpaired) electrons. The molecule has 0 heterocycles. The van der Waals surface area contributed by atoms with E-state index in [4.69, 9.17) is 0 Å². The molecule has 84 valence electrons. The van der Waals surface area contributed by atoms with Gasteiger partial charge in [-0.05, 0) is 0 Å². The first-order valence-corrected chi connectivity index (χ1v) is 2.94. The van der Waals surface area contributed by atoms with Crippen LogP contribution in [0.2, 0.25) is 0 Å². The highest BCUT2D eigenvalue weighted by Crippen LogP contribution is 2.46. The van der Waals surface area contributed by atoms with Crippen molar-refractivity contribution in [3.63, 3.8) is 0 Å². The number of hydrogen-bond donors (Lipinski definition) is 0. The molecule has 2 nitrogen and oxygen atoms in total. The van der Waals surface area contributed by atoms with Crippen LogP contribution in [0.15, 0.2) is 0 Å². The van der Waals surface area contributed by atoms with Crippen LogP contribution >= 0.6 is 0 Å². The van der Waals surface area contributed by atoms with Gasteiger partial charge in [-0.1, -0.05) is 0 Å². The van der Waals surface area contributed by atoms with Crippen LogP contribution in [-0.2, 0) is 9.53 Å². The van der Waals surface area contributed by atoms with Gasteiger partial charge in [-0.3, -0.25) is 4.79 Å². The van der Waals surface area contributed by atoms with Gasteiger partial charge in [0.15, 0.2) is 6.61 Å². The molecular formula is C5H3F7O2. The van der Waals surface area contributed by atoms with Crippen LogP contribution in [0.1, 0.15) is 0 Å². The predicted molar refractivity (Wildman–Crippen MR) is 28.0 cm³/mol. The first kappa shape index (κ1) is 13.0. The molecule has 0 saturated heterocycles. The van der Waals surface area contributed by atoms with Gasteiger partial charge in [0.1, 0.15) is 0 Å². The van der Waals surface area contributed by atoms with E-state index >= 15 is 0 Å². The van der Waals surface area contributed by atoms with Crippen LogP contribution in [0.4, 0.5) is 30.7 Å². The Labute approximate surface area is 72.6 Å². The minimum Gasteiger partial charge on any atom is -0.461 e. The van der Waals surface area contributed by atoms with E-state index in [0.717, 1.165) is 0 Å². The maximum atomic E-state index is 12.1. The Balaban J connectivity index is 4.77. The Bertz CT molecular complexity index is 209. The van der Waals surface area contributed by atoms with Gasteiger partial charge in [-0.2, -0.15) is 30.7 Å². The topological polar surface area (TPSA) is 26.3 Å². The first-order valence-electron chi connectivity index (χ1n) is 2.94. The monoisotopic (exact) mass is 228 g/mol. The molecule has 9 heteroatoms. The summed E-state index contributed by atoms with van der Waals surface area (Å²) in [5.41, 5.74) is 0. The van der Waals surface area contributed by atoms with Crippen molar-refractivity contribution in [1.29, 1.82) is 0 Å². The molecule has 0 fully saturated rings. The maximum absolute atomic E-state index is 12.1. The third kappa shape index (κ3) is 2.26. The van der Waals surface area contributed by atoms with E-state index in [0.29, 0.717) is 0 Å². The van der Waals surface area contributed by atoms with Crippen molar-refractivity contribution in [3.8, 4) is 0 Å². The molecule has 0 bridgehead atoms. The van der Waals surface area contributed by atoms with Gasteiger partial charge in [0.2, 0.25) is 0 Å². The molecule has 0 unspecified atom stereocenters. The summed E-state index contributed by atoms with van der Waals surface area (Å²) in [5, 5.41) is 0. The average molecular weight is 228 g/mol. The van der Waals surface area contributed by atoms with Gasteiger partial charge in [0.05, 0.1) is 0 Å². The Hall–Kier alpha value is -1.02. The molecule has 0 spiro atoms. The van der Waals surface area contributed by atoms with Crippen molar-refractivity contribution < 1.29 is 40.3 Å². The zero-order chi connectivity index (χ0) is 11.6. The number of halogens is 7. The molecule has 0 aromatic rings. The number of ether oxygens (including phenoxy) is 1. The quantitative estimate of drug-likeness (QED) is 0.543. The zero-order valence-electron chi connectivity index (χ0n) is 6.25. The van der Waals surface area contributed by atoms with Crippen LogP contribution in [0.25, 0.3) is 0 Å². The fourth-order valence-electron chi connectivity index (χ4n) is 0.437. The van der Waals surface area contributed by atoms with E-state index in [1.807, 2.05) is 0 Å². The maximum Gasteiger partial charge on any atom is 0.460 e. The van der Waals surface area contributed by atoms with Gasteiger partial charge in [0, 0.05) is 0 Å². The molecule has 0 atom stereocenters. The lowest BCUT2D eigenvalue weighted by Crippen LogP contribution is -2.54. The molecule has 0 rings (SSSR count). The molecule has 0 aliphatic carbocycles. The molecule has 0 N–H and O–H groups in total. The highest BCUT2D eigenvalue weighted by molar-refractivity contribution is 5.37. The van der Waals surface area contributed by atoms with E-state index in [1.165, 1.54) is 0 Å². The minimum atomic E-state index is -6.40. The van der Waals surface area contributed by atoms with E-state index in [-0.39, 0.29) is 0 Å². The van der Waals surface area contributed by atoms with Gasteiger partial charge >= 0.3 is 18.0 Å². The third-order valence-electron chi connectivity index (χ3n) is 1.15. The Kier molecular flexibility index (Phi) is 3.35. The van der Waals surface area contributed by atoms with E-state index in [2.05, 4.69) is 4.74 Å². The Morgan fingerprint density at radius 2 is 1.43 bits per heavy atom. The number of carbonyl (C=O) groups is 1. The summed E-state index contributed by atoms with van der Waals surface area (Å²) in [4.78, 5) is 9.35. The minimum absolute atomic E-state index is 0.652. The lowest BCUT2D eigenvalue weighted by atomic mass is 10.2. The van der Waals surface area contributed by atoms with Gasteiger partial charge in [0.25, 0.3) is 6.47 Å². The van der Waals surface area contributed by atoms with Crippen molar-refractivity contribution >= 4 is 6.47 Å². The second kappa shape index (κ2) is 3.62. The van der Waals surface area contributed by atoms with Gasteiger partial charge in [-0.15, -0.1) is 0 Å². The smallest absolute Gasteiger partial charge is 0.460 e. The largest absolute Gasteiger partial charge is 0.461 e. The summed E-state index contributed by atoms with van der Waals surface area (Å²) in [7, 11) is 0. The normalized spacial score (nSPS) is 13.9. The van der Waals surface area contributed by atoms with Crippen molar-refractivity contribution in [2.24, 2.45) is 0 Å². The highest BCUT2D eigenvalue weighted by Gasteiger charge is 2.73. The van der Waals surface area contributed by atoms with Crippen molar-refractivity contribution in [3.05, 3.63) is 0 Å². The SMILES string of the molecule is O=COCC(F)(F)C(F)(F)C(F)(F)F. The lowest BCUT2D eigenvalue weighted by molar-refractivity contribution is -0.359. The molecule has 0 aliphatic rings. The summed E-state index contributed by atoms with van der Waals surface area (Å²) in [6.45, 7) is -2.98. The summed E-state index contributed by atoms with van der Waals surface area (Å²) in [6, 6.07) is 0. The number of hydrogen-bond acceptors (Lipinski definition) is 2. The molecule has 0 aliphatic heterocycles. The summed E-state index contributed by atoms with van der Waals surface area (Å²) >= 11 is 0. The van der Waals surface area contributed by atoms with Crippen LogP contribution in [0.5, 0.6) is 0 Å². The molecule has 14 heavy (non-hydrogen) atoms. The van der Waals surface area contributed by atoms with Crippen LogP contribution < -0.4 is 0 Å². The molecule has 0 aromatic carbocycles. The summed E-state index contributed by atoms with van der Waals surface area (Å²) in [6.07, 6.45) is -6.40. The molecule has 0 saturated carbocycles. The van der Waals surface area contributed by atoms with E-state index in [1.54, 1.807) is 0 Å². The average Bonchev–Trinajstić information content (AvgIpc) is 1.98. The number of alkyl halides is 7. The predicted octanol–water partition coefficient (Wildman–Crippen LogP) is 1.99. The van der Waals surface area contributed by atoms with Gasteiger partial charge in [-0.25, -0.2) is 0 Å². The fraction of sp³-hybridized carbons (Fsp3) is 0.800. The highest BCUT2D eigenvalue weighted by atomic mass is 19.4. The number of rotatable bonds is 4. The van der Waals surface area contributed by atoms with Crippen molar-refractivity contribution in [2.45, 2.75) is 18.0 Å². The van der Waals surface area contributed by atoms with Crippen molar-refractivity contribution in [1.82, 2.24) is 0 Å². The third-order valence-corrected chi connectivity index (χ3v) is 1.15. The Morgan fingerprint density at radius 3 is 1.71 bits per heavy atom. The van der Waals surface area contributed by atoms with Crippen LogP contribution in [0, 0.1) is 0 Å². The van der Waals surface area contributed by atoms with Crippen LogP contribution in [-0.4, -0.2) is 31.1 Å².